The maximum absolute atomic E-state index is 12.5. The summed E-state index contributed by atoms with van der Waals surface area (Å²) in [7, 11) is -3.51. The van der Waals surface area contributed by atoms with Crippen molar-refractivity contribution in [2.24, 2.45) is 0 Å². The fraction of sp³-hybridized carbons (Fsp3) is 0.350. The number of thioether (sulfide) groups is 1. The van der Waals surface area contributed by atoms with Crippen LogP contribution in [0, 0.1) is 13.8 Å². The van der Waals surface area contributed by atoms with Crippen LogP contribution in [0.2, 0.25) is 0 Å². The fourth-order valence-corrected chi connectivity index (χ4v) is 5.07. The quantitative estimate of drug-likeness (QED) is 0.658. The number of rotatable bonds is 6. The molecule has 1 aliphatic heterocycles. The van der Waals surface area contributed by atoms with Gasteiger partial charge in [0.25, 0.3) is 0 Å². The number of anilines is 1. The van der Waals surface area contributed by atoms with Crippen molar-refractivity contribution in [1.82, 2.24) is 14.6 Å². The van der Waals surface area contributed by atoms with Gasteiger partial charge in [0.15, 0.2) is 0 Å². The number of pyridine rings is 1. The summed E-state index contributed by atoms with van der Waals surface area (Å²) in [6.45, 7) is 4.98. The first-order valence-electron chi connectivity index (χ1n) is 9.53. The van der Waals surface area contributed by atoms with Gasteiger partial charge >= 0.3 is 6.03 Å². The molecule has 0 radical (unpaired) electrons. The summed E-state index contributed by atoms with van der Waals surface area (Å²) in [5.74, 6) is -0.497. The summed E-state index contributed by atoms with van der Waals surface area (Å²) in [5, 5.41) is 5.39. The summed E-state index contributed by atoms with van der Waals surface area (Å²) in [5.41, 5.74) is 2.75. The largest absolute Gasteiger partial charge is 0.325 e. The number of carbonyl (C=O) groups is 2. The fourth-order valence-electron chi connectivity index (χ4n) is 2.97. The van der Waals surface area contributed by atoms with Crippen LogP contribution < -0.4 is 10.6 Å². The van der Waals surface area contributed by atoms with Crippen LogP contribution in [-0.2, 0) is 14.8 Å². The lowest BCUT2D eigenvalue weighted by Crippen LogP contribution is -2.35. The second kappa shape index (κ2) is 9.59. The van der Waals surface area contributed by atoms with Crippen molar-refractivity contribution >= 4 is 39.4 Å². The van der Waals surface area contributed by atoms with Crippen LogP contribution in [-0.4, -0.2) is 48.5 Å². The topological polar surface area (TPSA) is 108 Å². The molecular weight excluding hydrogens is 424 g/mol. The molecule has 3 rings (SSSR count). The van der Waals surface area contributed by atoms with Gasteiger partial charge in [-0.25, -0.2) is 18.2 Å². The minimum atomic E-state index is -3.51. The Bertz CT molecular complexity index is 1030. The highest BCUT2D eigenvalue weighted by Crippen LogP contribution is 2.22. The van der Waals surface area contributed by atoms with E-state index in [1.807, 2.05) is 26.0 Å². The summed E-state index contributed by atoms with van der Waals surface area (Å²) in [6.07, 6.45) is 3.04. The van der Waals surface area contributed by atoms with Gasteiger partial charge in [-0.3, -0.25) is 10.1 Å². The molecule has 0 spiro atoms. The van der Waals surface area contributed by atoms with Gasteiger partial charge in [0.2, 0.25) is 15.9 Å². The molecule has 2 N–H and O–H groups in total. The predicted octanol–water partition coefficient (Wildman–Crippen LogP) is 2.92. The number of aromatic nitrogens is 1. The van der Waals surface area contributed by atoms with Gasteiger partial charge in [-0.05, 0) is 62.1 Å². The van der Waals surface area contributed by atoms with Crippen LogP contribution in [0.3, 0.4) is 0 Å². The first kappa shape index (κ1) is 22.3. The zero-order chi connectivity index (χ0) is 21.7. The third kappa shape index (κ3) is 5.59. The second-order valence-electron chi connectivity index (χ2n) is 7.03. The zero-order valence-electron chi connectivity index (χ0n) is 16.8. The lowest BCUT2D eigenvalue weighted by atomic mass is 10.1. The summed E-state index contributed by atoms with van der Waals surface area (Å²) in [4.78, 5) is 28.3. The van der Waals surface area contributed by atoms with Crippen molar-refractivity contribution in [2.75, 3.05) is 24.2 Å². The van der Waals surface area contributed by atoms with Crippen molar-refractivity contribution < 1.29 is 18.0 Å². The summed E-state index contributed by atoms with van der Waals surface area (Å²) < 4.78 is 26.4. The van der Waals surface area contributed by atoms with E-state index in [1.54, 1.807) is 12.1 Å². The number of amides is 3. The van der Waals surface area contributed by atoms with Crippen molar-refractivity contribution in [2.45, 2.75) is 36.6 Å². The Morgan fingerprint density at radius 2 is 1.83 bits per heavy atom. The lowest BCUT2D eigenvalue weighted by molar-refractivity contribution is -0.117. The number of sulfonamides is 1. The number of hydrogen-bond acceptors (Lipinski definition) is 6. The molecule has 0 unspecified atom stereocenters. The number of imide groups is 1. The minimum absolute atomic E-state index is 0.0223. The first-order valence-corrected chi connectivity index (χ1v) is 12.0. The molecule has 3 amide bonds. The molecule has 0 saturated carbocycles. The molecule has 0 aliphatic carbocycles. The van der Waals surface area contributed by atoms with E-state index >= 15 is 0 Å². The van der Waals surface area contributed by atoms with Gasteiger partial charge in [0, 0.05) is 25.0 Å². The van der Waals surface area contributed by atoms with Crippen molar-refractivity contribution in [3.63, 3.8) is 0 Å². The van der Waals surface area contributed by atoms with Crippen molar-refractivity contribution in [3.8, 4) is 0 Å². The molecule has 0 bridgehead atoms. The van der Waals surface area contributed by atoms with Crippen LogP contribution in [0.25, 0.3) is 0 Å². The standard InChI is InChI=1S/C20H24N4O4S2/c1-14-5-6-16(11-15(14)2)22-20(26)23-18(25)13-29-19-8-7-17(12-21-19)30(27,28)24-9-3-4-10-24/h5-8,11-12H,3-4,9-10,13H2,1-2H3,(H2,22,23,25,26). The van der Waals surface area contributed by atoms with E-state index in [9.17, 15) is 18.0 Å². The highest BCUT2D eigenvalue weighted by molar-refractivity contribution is 7.99. The number of carbonyl (C=O) groups excluding carboxylic acids is 2. The molecule has 1 fully saturated rings. The molecule has 8 nitrogen and oxygen atoms in total. The summed E-state index contributed by atoms with van der Waals surface area (Å²) >= 11 is 1.12. The normalized spacial score (nSPS) is 14.5. The number of aryl methyl sites for hydroxylation is 2. The maximum atomic E-state index is 12.5. The SMILES string of the molecule is Cc1ccc(NC(=O)NC(=O)CSc2ccc(S(=O)(=O)N3CCCC3)cn2)cc1C. The second-order valence-corrected chi connectivity index (χ2v) is 9.97. The highest BCUT2D eigenvalue weighted by Gasteiger charge is 2.27. The predicted molar refractivity (Wildman–Crippen MR) is 116 cm³/mol. The van der Waals surface area contributed by atoms with Crippen LogP contribution in [0.5, 0.6) is 0 Å². The van der Waals surface area contributed by atoms with Crippen molar-refractivity contribution in [1.29, 1.82) is 0 Å². The number of nitrogens with one attached hydrogen (secondary N) is 2. The molecule has 1 aromatic heterocycles. The third-order valence-electron chi connectivity index (χ3n) is 4.78. The Kier molecular flexibility index (Phi) is 7.11. The molecule has 1 aromatic carbocycles. The average Bonchev–Trinajstić information content (AvgIpc) is 3.25. The Morgan fingerprint density at radius 1 is 1.10 bits per heavy atom. The molecule has 2 heterocycles. The minimum Gasteiger partial charge on any atom is -0.308 e. The van der Waals surface area contributed by atoms with Gasteiger partial charge in [-0.2, -0.15) is 4.31 Å². The number of hydrogen-bond donors (Lipinski definition) is 2. The monoisotopic (exact) mass is 448 g/mol. The van der Waals surface area contributed by atoms with E-state index in [0.29, 0.717) is 23.8 Å². The molecule has 1 saturated heterocycles. The first-order chi connectivity index (χ1) is 14.3. The lowest BCUT2D eigenvalue weighted by Gasteiger charge is -2.15. The Hall–Kier alpha value is -2.43. The number of urea groups is 1. The number of nitrogens with zero attached hydrogens (tertiary/aromatic N) is 2. The number of benzene rings is 1. The highest BCUT2D eigenvalue weighted by atomic mass is 32.2. The van der Waals surface area contributed by atoms with E-state index < -0.39 is 22.0 Å². The van der Waals surface area contributed by atoms with Gasteiger partial charge in [0.05, 0.1) is 10.8 Å². The average molecular weight is 449 g/mol. The van der Waals surface area contributed by atoms with E-state index in [2.05, 4.69) is 15.6 Å². The van der Waals surface area contributed by atoms with Crippen LogP contribution >= 0.6 is 11.8 Å². The zero-order valence-corrected chi connectivity index (χ0v) is 18.5. The summed E-state index contributed by atoms with van der Waals surface area (Å²) in [6, 6.07) is 7.94. The molecule has 30 heavy (non-hydrogen) atoms. The maximum Gasteiger partial charge on any atom is 0.325 e. The van der Waals surface area contributed by atoms with Crippen LogP contribution in [0.1, 0.15) is 24.0 Å². The van der Waals surface area contributed by atoms with E-state index in [1.165, 1.54) is 16.6 Å². The third-order valence-corrected chi connectivity index (χ3v) is 7.61. The molecule has 2 aromatic rings. The van der Waals surface area contributed by atoms with E-state index in [0.717, 1.165) is 35.7 Å². The molecule has 0 atom stereocenters. The van der Waals surface area contributed by atoms with Crippen LogP contribution in [0.15, 0.2) is 46.5 Å². The molecule has 10 heteroatoms. The molecule has 160 valence electrons. The van der Waals surface area contributed by atoms with Gasteiger partial charge in [0.1, 0.15) is 4.90 Å². The van der Waals surface area contributed by atoms with Crippen LogP contribution in [0.4, 0.5) is 10.5 Å². The Balaban J connectivity index is 1.49. The smallest absolute Gasteiger partial charge is 0.308 e. The van der Waals surface area contributed by atoms with Gasteiger partial charge in [-0.15, -0.1) is 0 Å². The molecule has 1 aliphatic rings. The van der Waals surface area contributed by atoms with Gasteiger partial charge < -0.3 is 5.32 Å². The van der Waals surface area contributed by atoms with E-state index in [4.69, 9.17) is 0 Å². The Labute approximate surface area is 180 Å². The van der Waals surface area contributed by atoms with Crippen molar-refractivity contribution in [3.05, 3.63) is 47.7 Å². The molecular formula is C20H24N4O4S2. The van der Waals surface area contributed by atoms with Gasteiger partial charge in [-0.1, -0.05) is 17.8 Å². The van der Waals surface area contributed by atoms with E-state index in [-0.39, 0.29) is 10.6 Å². The Morgan fingerprint density at radius 3 is 2.47 bits per heavy atom.